The first-order valence-corrected chi connectivity index (χ1v) is 11.6. The van der Waals surface area contributed by atoms with Crippen molar-refractivity contribution in [3.8, 4) is 33.6 Å². The van der Waals surface area contributed by atoms with Crippen molar-refractivity contribution in [2.24, 2.45) is 0 Å². The second-order valence-corrected chi connectivity index (χ2v) is 9.19. The van der Waals surface area contributed by atoms with Crippen LogP contribution in [0.3, 0.4) is 0 Å². The molecule has 0 aliphatic carbocycles. The summed E-state index contributed by atoms with van der Waals surface area (Å²) in [7, 11) is -3.37. The molecule has 0 radical (unpaired) electrons. The summed E-state index contributed by atoms with van der Waals surface area (Å²) in [6, 6.07) is 12.6. The second kappa shape index (κ2) is 7.82. The Morgan fingerprint density at radius 3 is 2.52 bits per heavy atom. The molecule has 0 fully saturated rings. The molecule has 0 spiro atoms. The minimum atomic E-state index is -3.37. The van der Waals surface area contributed by atoms with Gasteiger partial charge in [-0.15, -0.1) is 0 Å². The van der Waals surface area contributed by atoms with Gasteiger partial charge in [0, 0.05) is 40.2 Å². The molecular weight excluding hydrogens is 450 g/mol. The average Bonchev–Trinajstić information content (AvgIpc) is 3.41. The van der Waals surface area contributed by atoms with Gasteiger partial charge in [0.15, 0.2) is 17.4 Å². The van der Waals surface area contributed by atoms with Gasteiger partial charge in [0.1, 0.15) is 5.65 Å². The summed E-state index contributed by atoms with van der Waals surface area (Å²) in [4.78, 5) is 7.49. The summed E-state index contributed by atoms with van der Waals surface area (Å²) >= 11 is 0. The van der Waals surface area contributed by atoms with Crippen LogP contribution in [0, 0.1) is 11.6 Å². The molecule has 0 unspecified atom stereocenters. The van der Waals surface area contributed by atoms with Gasteiger partial charge in [0.05, 0.1) is 18.0 Å². The molecule has 3 heterocycles. The Morgan fingerprint density at radius 1 is 0.970 bits per heavy atom. The predicted octanol–water partition coefficient (Wildman–Crippen LogP) is 5.20. The first-order chi connectivity index (χ1) is 15.8. The molecule has 0 amide bonds. The molecule has 3 aromatic heterocycles. The molecule has 2 N–H and O–H groups in total. The standard InChI is InChI=1S/C23H16F2N4O3S/c1-33(30,31)29-15-7-5-13(6-8-15)14-9-17-18(11-27-23(17)26-10-14)22-19(12-28-32-22)16-3-2-4-20(24)21(16)25/h2-12,29H,1H3,(H,26,27). The maximum Gasteiger partial charge on any atom is 0.229 e. The average molecular weight is 466 g/mol. The smallest absolute Gasteiger partial charge is 0.229 e. The lowest BCUT2D eigenvalue weighted by Gasteiger charge is -2.07. The molecule has 10 heteroatoms. The molecule has 2 aromatic carbocycles. The number of rotatable bonds is 5. The van der Waals surface area contributed by atoms with E-state index in [1.807, 2.05) is 6.07 Å². The number of H-pyrrole nitrogens is 1. The van der Waals surface area contributed by atoms with Gasteiger partial charge < -0.3 is 9.51 Å². The monoisotopic (exact) mass is 466 g/mol. The molecule has 0 saturated carbocycles. The third-order valence-corrected chi connectivity index (χ3v) is 5.72. The van der Waals surface area contributed by atoms with Crippen LogP contribution in [-0.4, -0.2) is 29.8 Å². The number of nitrogens with zero attached hydrogens (tertiary/aromatic N) is 2. The minimum absolute atomic E-state index is 0.0404. The number of pyridine rings is 1. The molecular formula is C23H16F2N4O3S. The van der Waals surface area contributed by atoms with Crippen molar-refractivity contribution in [2.75, 3.05) is 11.0 Å². The highest BCUT2D eigenvalue weighted by Crippen LogP contribution is 2.38. The van der Waals surface area contributed by atoms with Crippen LogP contribution in [0.4, 0.5) is 14.5 Å². The third-order valence-electron chi connectivity index (χ3n) is 5.11. The first-order valence-electron chi connectivity index (χ1n) is 9.75. The van der Waals surface area contributed by atoms with E-state index in [1.165, 1.54) is 18.3 Å². The summed E-state index contributed by atoms with van der Waals surface area (Å²) < 4.78 is 58.9. The molecule has 166 valence electrons. The van der Waals surface area contributed by atoms with Crippen molar-refractivity contribution in [3.63, 3.8) is 0 Å². The van der Waals surface area contributed by atoms with Crippen molar-refractivity contribution in [3.05, 3.63) is 78.8 Å². The maximum absolute atomic E-state index is 14.4. The zero-order valence-electron chi connectivity index (χ0n) is 17.1. The van der Waals surface area contributed by atoms with Gasteiger partial charge in [-0.1, -0.05) is 29.4 Å². The number of anilines is 1. The zero-order valence-corrected chi connectivity index (χ0v) is 18.0. The Balaban J connectivity index is 1.57. The Bertz CT molecular complexity index is 1590. The number of halogens is 2. The lowest BCUT2D eigenvalue weighted by molar-refractivity contribution is 0.432. The Morgan fingerprint density at radius 2 is 1.76 bits per heavy atom. The molecule has 5 rings (SSSR count). The normalized spacial score (nSPS) is 11.7. The molecule has 0 atom stereocenters. The van der Waals surface area contributed by atoms with Crippen molar-refractivity contribution in [1.82, 2.24) is 15.1 Å². The Kier molecular flexibility index (Phi) is 4.94. The van der Waals surface area contributed by atoms with E-state index in [9.17, 15) is 17.2 Å². The van der Waals surface area contributed by atoms with E-state index >= 15 is 0 Å². The van der Waals surface area contributed by atoms with Crippen LogP contribution in [0.2, 0.25) is 0 Å². The van der Waals surface area contributed by atoms with E-state index in [-0.39, 0.29) is 11.3 Å². The van der Waals surface area contributed by atoms with Gasteiger partial charge in [-0.2, -0.15) is 0 Å². The van der Waals surface area contributed by atoms with Crippen LogP contribution in [0.1, 0.15) is 0 Å². The number of hydrogen-bond acceptors (Lipinski definition) is 5. The van der Waals surface area contributed by atoms with E-state index in [0.29, 0.717) is 27.8 Å². The summed E-state index contributed by atoms with van der Waals surface area (Å²) in [5.74, 6) is -1.67. The zero-order chi connectivity index (χ0) is 23.2. The lowest BCUT2D eigenvalue weighted by atomic mass is 10.0. The van der Waals surface area contributed by atoms with E-state index in [1.54, 1.807) is 36.7 Å². The fourth-order valence-corrected chi connectivity index (χ4v) is 4.20. The largest absolute Gasteiger partial charge is 0.356 e. The van der Waals surface area contributed by atoms with Crippen molar-refractivity contribution < 1.29 is 21.7 Å². The molecule has 0 aliphatic rings. The van der Waals surface area contributed by atoms with Crippen molar-refractivity contribution in [1.29, 1.82) is 0 Å². The Hall–Kier alpha value is -4.05. The third kappa shape index (κ3) is 3.96. The van der Waals surface area contributed by atoms with Gasteiger partial charge in [0.25, 0.3) is 0 Å². The number of benzene rings is 2. The van der Waals surface area contributed by atoms with Crippen LogP contribution in [0.25, 0.3) is 44.6 Å². The summed E-state index contributed by atoms with van der Waals surface area (Å²) in [6.07, 6.45) is 5.77. The SMILES string of the molecule is CS(=O)(=O)Nc1ccc(-c2cnc3[nH]cc(-c4oncc4-c4cccc(F)c4F)c3c2)cc1. The number of aromatic nitrogens is 3. The lowest BCUT2D eigenvalue weighted by Crippen LogP contribution is -2.09. The summed E-state index contributed by atoms with van der Waals surface area (Å²) in [6.45, 7) is 0. The van der Waals surface area contributed by atoms with Crippen molar-refractivity contribution in [2.45, 2.75) is 0 Å². The van der Waals surface area contributed by atoms with Gasteiger partial charge in [-0.3, -0.25) is 4.72 Å². The Labute approximate surface area is 187 Å². The molecule has 0 saturated heterocycles. The number of aromatic amines is 1. The summed E-state index contributed by atoms with van der Waals surface area (Å²) in [5, 5.41) is 4.49. The summed E-state index contributed by atoms with van der Waals surface area (Å²) in [5.41, 5.74) is 3.54. The van der Waals surface area contributed by atoms with Gasteiger partial charge >= 0.3 is 0 Å². The van der Waals surface area contributed by atoms with Crippen molar-refractivity contribution >= 4 is 26.7 Å². The topological polar surface area (TPSA) is 101 Å². The van der Waals surface area contributed by atoms with Crippen LogP contribution < -0.4 is 4.72 Å². The number of sulfonamides is 1. The number of hydrogen-bond donors (Lipinski definition) is 2. The molecule has 33 heavy (non-hydrogen) atoms. The fraction of sp³-hybridized carbons (Fsp3) is 0.0435. The van der Waals surface area contributed by atoms with Crippen LogP contribution in [-0.2, 0) is 10.0 Å². The van der Waals surface area contributed by atoms with E-state index in [2.05, 4.69) is 19.8 Å². The van der Waals surface area contributed by atoms with E-state index < -0.39 is 21.7 Å². The van der Waals surface area contributed by atoms with Crippen LogP contribution in [0.5, 0.6) is 0 Å². The fourth-order valence-electron chi connectivity index (χ4n) is 3.63. The van der Waals surface area contributed by atoms with E-state index in [4.69, 9.17) is 4.52 Å². The minimum Gasteiger partial charge on any atom is -0.356 e. The first kappa shape index (κ1) is 20.8. The second-order valence-electron chi connectivity index (χ2n) is 7.44. The van der Waals surface area contributed by atoms with Crippen LogP contribution in [0.15, 0.2) is 71.6 Å². The quantitative estimate of drug-likeness (QED) is 0.371. The number of fused-ring (bicyclic) bond motifs is 1. The van der Waals surface area contributed by atoms with Gasteiger partial charge in [0.2, 0.25) is 10.0 Å². The molecule has 0 bridgehead atoms. The van der Waals surface area contributed by atoms with Gasteiger partial charge in [-0.25, -0.2) is 22.2 Å². The van der Waals surface area contributed by atoms with Gasteiger partial charge in [-0.05, 0) is 29.8 Å². The highest BCUT2D eigenvalue weighted by Gasteiger charge is 2.21. The highest BCUT2D eigenvalue weighted by molar-refractivity contribution is 7.92. The number of nitrogens with one attached hydrogen (secondary N) is 2. The molecule has 5 aromatic rings. The van der Waals surface area contributed by atoms with Crippen LogP contribution >= 0.6 is 0 Å². The van der Waals surface area contributed by atoms with E-state index in [0.717, 1.165) is 23.4 Å². The highest BCUT2D eigenvalue weighted by atomic mass is 32.2. The molecule has 0 aliphatic heterocycles. The maximum atomic E-state index is 14.4. The molecule has 7 nitrogen and oxygen atoms in total. The predicted molar refractivity (Wildman–Crippen MR) is 121 cm³/mol.